The molecule has 0 atom stereocenters. The van der Waals surface area contributed by atoms with Crippen molar-refractivity contribution >= 4 is 28.6 Å². The molecular weight excluding hydrogens is 425 g/mol. The van der Waals surface area contributed by atoms with Crippen molar-refractivity contribution in [2.45, 2.75) is 6.54 Å². The fourth-order valence-electron chi connectivity index (χ4n) is 4.34. The topological polar surface area (TPSA) is 71.9 Å². The maximum atomic E-state index is 13.8. The van der Waals surface area contributed by atoms with E-state index in [0.717, 1.165) is 15.8 Å². The molecular formula is C25H22FN3O4. The first-order valence-corrected chi connectivity index (χ1v) is 10.8. The quantitative estimate of drug-likeness (QED) is 0.563. The summed E-state index contributed by atoms with van der Waals surface area (Å²) in [5.41, 5.74) is 2.38. The van der Waals surface area contributed by atoms with Gasteiger partial charge in [-0.05, 0) is 42.0 Å². The number of benzene rings is 2. The van der Waals surface area contributed by atoms with Crippen molar-refractivity contribution < 1.29 is 23.5 Å². The highest BCUT2D eigenvalue weighted by Crippen LogP contribution is 2.25. The second-order valence-electron chi connectivity index (χ2n) is 8.13. The van der Waals surface area contributed by atoms with E-state index in [1.165, 1.54) is 0 Å². The third-order valence-electron chi connectivity index (χ3n) is 6.08. The molecule has 0 spiro atoms. The first kappa shape index (κ1) is 21.1. The van der Waals surface area contributed by atoms with Crippen LogP contribution in [0.3, 0.4) is 0 Å². The van der Waals surface area contributed by atoms with E-state index in [0.29, 0.717) is 49.3 Å². The average molecular weight is 447 g/mol. The predicted molar refractivity (Wildman–Crippen MR) is 120 cm³/mol. The summed E-state index contributed by atoms with van der Waals surface area (Å²) in [6, 6.07) is 13.9. The number of rotatable bonds is 5. The van der Waals surface area contributed by atoms with Crippen molar-refractivity contribution in [3.8, 4) is 0 Å². The molecule has 1 saturated heterocycles. The van der Waals surface area contributed by atoms with E-state index in [4.69, 9.17) is 4.74 Å². The number of morpholine rings is 1. The van der Waals surface area contributed by atoms with Gasteiger partial charge in [-0.1, -0.05) is 12.1 Å². The Morgan fingerprint density at radius 3 is 2.33 bits per heavy atom. The average Bonchev–Trinajstić information content (AvgIpc) is 3.37. The summed E-state index contributed by atoms with van der Waals surface area (Å²) in [5.74, 6) is -0.875. The van der Waals surface area contributed by atoms with Gasteiger partial charge in [0.15, 0.2) is 0 Å². The number of carbonyl (C=O) groups is 3. The van der Waals surface area contributed by atoms with E-state index < -0.39 is 11.8 Å². The van der Waals surface area contributed by atoms with Gasteiger partial charge in [-0.2, -0.15) is 0 Å². The molecule has 7 nitrogen and oxygen atoms in total. The number of hydrogen-bond acceptors (Lipinski definition) is 4. The smallest absolute Gasteiger partial charge is 0.261 e. The Morgan fingerprint density at radius 1 is 0.970 bits per heavy atom. The lowest BCUT2D eigenvalue weighted by molar-refractivity contribution is 0.0303. The molecule has 33 heavy (non-hydrogen) atoms. The number of fused-ring (bicyclic) bond motifs is 2. The van der Waals surface area contributed by atoms with Crippen molar-refractivity contribution in [3.63, 3.8) is 0 Å². The van der Waals surface area contributed by atoms with Gasteiger partial charge in [0.2, 0.25) is 0 Å². The van der Waals surface area contributed by atoms with Crippen LogP contribution in [0.1, 0.15) is 31.1 Å². The Hall–Kier alpha value is -3.78. The second kappa shape index (κ2) is 8.63. The van der Waals surface area contributed by atoms with Crippen molar-refractivity contribution in [2.75, 3.05) is 32.8 Å². The maximum Gasteiger partial charge on any atom is 0.261 e. The van der Waals surface area contributed by atoms with E-state index in [1.807, 2.05) is 22.8 Å². The molecule has 2 aromatic carbocycles. The lowest BCUT2D eigenvalue weighted by Gasteiger charge is -2.26. The van der Waals surface area contributed by atoms with Gasteiger partial charge in [0.25, 0.3) is 17.7 Å². The van der Waals surface area contributed by atoms with E-state index in [9.17, 15) is 18.8 Å². The first-order chi connectivity index (χ1) is 16.1. The molecule has 0 bridgehead atoms. The summed E-state index contributed by atoms with van der Waals surface area (Å²) in [5, 5.41) is 0.855. The van der Waals surface area contributed by atoms with Gasteiger partial charge in [-0.15, -0.1) is 0 Å². The zero-order chi connectivity index (χ0) is 22.9. The summed E-state index contributed by atoms with van der Waals surface area (Å²) in [6.45, 7) is 2.26. The molecule has 3 heterocycles. The van der Waals surface area contributed by atoms with Crippen LogP contribution in [0.5, 0.6) is 0 Å². The zero-order valence-corrected chi connectivity index (χ0v) is 17.9. The highest BCUT2D eigenvalue weighted by molar-refractivity contribution is 6.21. The third kappa shape index (κ3) is 3.82. The van der Waals surface area contributed by atoms with Crippen LogP contribution in [-0.2, 0) is 11.3 Å². The molecule has 8 heteroatoms. The SMILES string of the molecule is O=C(c1ccc2c(ccn2CC(=CF)CN2C(=O)c3ccccc3C2=O)c1)N1CCOCC1. The lowest BCUT2D eigenvalue weighted by atomic mass is 10.1. The van der Waals surface area contributed by atoms with Gasteiger partial charge in [0.05, 0.1) is 37.2 Å². The fourth-order valence-corrected chi connectivity index (χ4v) is 4.34. The molecule has 1 fully saturated rings. The van der Waals surface area contributed by atoms with Crippen LogP contribution in [-0.4, -0.2) is 64.9 Å². The molecule has 5 rings (SSSR count). The number of amides is 3. The van der Waals surface area contributed by atoms with Crippen LogP contribution >= 0.6 is 0 Å². The molecule has 0 radical (unpaired) electrons. The molecule has 3 amide bonds. The normalized spacial score (nSPS) is 16.6. The minimum Gasteiger partial charge on any atom is -0.378 e. The lowest BCUT2D eigenvalue weighted by Crippen LogP contribution is -2.40. The largest absolute Gasteiger partial charge is 0.378 e. The minimum atomic E-state index is -0.418. The summed E-state index contributed by atoms with van der Waals surface area (Å²) >= 11 is 0. The summed E-state index contributed by atoms with van der Waals surface area (Å²) in [4.78, 5) is 40.8. The Morgan fingerprint density at radius 2 is 1.67 bits per heavy atom. The number of aromatic nitrogens is 1. The van der Waals surface area contributed by atoms with Crippen molar-refractivity contribution in [1.29, 1.82) is 0 Å². The Labute approximate surface area is 189 Å². The Bertz CT molecular complexity index is 1250. The van der Waals surface area contributed by atoms with Gasteiger partial charge < -0.3 is 14.2 Å². The number of ether oxygens (including phenoxy) is 1. The minimum absolute atomic E-state index is 0.0390. The highest BCUT2D eigenvalue weighted by Gasteiger charge is 2.35. The molecule has 1 aromatic heterocycles. The van der Waals surface area contributed by atoms with Gasteiger partial charge in [0, 0.05) is 42.3 Å². The number of halogens is 1. The Balaban J connectivity index is 1.33. The molecule has 168 valence electrons. The van der Waals surface area contributed by atoms with Crippen molar-refractivity contribution in [1.82, 2.24) is 14.4 Å². The fraction of sp³-hybridized carbons (Fsp3) is 0.240. The number of imide groups is 1. The highest BCUT2D eigenvalue weighted by atomic mass is 19.1. The van der Waals surface area contributed by atoms with Gasteiger partial charge >= 0.3 is 0 Å². The molecule has 0 aliphatic carbocycles. The molecule has 2 aliphatic heterocycles. The number of nitrogens with zero attached hydrogens (tertiary/aromatic N) is 3. The molecule has 0 N–H and O–H groups in total. The van der Waals surface area contributed by atoms with Crippen molar-refractivity contribution in [2.24, 2.45) is 0 Å². The third-order valence-corrected chi connectivity index (χ3v) is 6.08. The van der Waals surface area contributed by atoms with E-state index in [2.05, 4.69) is 0 Å². The monoisotopic (exact) mass is 447 g/mol. The van der Waals surface area contributed by atoms with E-state index >= 15 is 0 Å². The molecule has 0 unspecified atom stereocenters. The number of hydrogen-bond donors (Lipinski definition) is 0. The van der Waals surface area contributed by atoms with Crippen LogP contribution in [0.4, 0.5) is 4.39 Å². The van der Waals surface area contributed by atoms with Crippen LogP contribution in [0.15, 0.2) is 66.6 Å². The maximum absolute atomic E-state index is 13.8. The van der Waals surface area contributed by atoms with E-state index in [1.54, 1.807) is 41.4 Å². The Kier molecular flexibility index (Phi) is 5.51. The van der Waals surface area contributed by atoms with Crippen LogP contribution in [0.2, 0.25) is 0 Å². The summed E-state index contributed by atoms with van der Waals surface area (Å²) < 4.78 is 20.9. The summed E-state index contributed by atoms with van der Waals surface area (Å²) in [7, 11) is 0. The standard InChI is InChI=1S/C25H22FN3O4/c26-14-17(16-29-24(31)20-3-1-2-4-21(20)25(29)32)15-28-8-7-18-13-19(5-6-22(18)28)23(30)27-9-11-33-12-10-27/h1-8,13-14H,9-12,15-16H2. The number of carbonyl (C=O) groups excluding carboxylic acids is 3. The second-order valence-corrected chi connectivity index (χ2v) is 8.13. The first-order valence-electron chi connectivity index (χ1n) is 10.8. The van der Waals surface area contributed by atoms with Gasteiger partial charge in [-0.25, -0.2) is 4.39 Å². The van der Waals surface area contributed by atoms with Crippen LogP contribution in [0, 0.1) is 0 Å². The predicted octanol–water partition coefficient (Wildman–Crippen LogP) is 3.26. The van der Waals surface area contributed by atoms with Crippen molar-refractivity contribution in [3.05, 3.63) is 83.3 Å². The van der Waals surface area contributed by atoms with Gasteiger partial charge in [-0.3, -0.25) is 19.3 Å². The zero-order valence-electron chi connectivity index (χ0n) is 17.9. The van der Waals surface area contributed by atoms with E-state index in [-0.39, 0.29) is 24.6 Å². The molecule has 3 aromatic rings. The molecule has 2 aliphatic rings. The van der Waals surface area contributed by atoms with Crippen LogP contribution in [0.25, 0.3) is 10.9 Å². The molecule has 0 saturated carbocycles. The van der Waals surface area contributed by atoms with Gasteiger partial charge in [0.1, 0.15) is 0 Å². The summed E-state index contributed by atoms with van der Waals surface area (Å²) in [6.07, 6.45) is 2.26. The van der Waals surface area contributed by atoms with Crippen LogP contribution < -0.4 is 0 Å².